The Balaban J connectivity index is 1.92. The van der Waals surface area contributed by atoms with Crippen LogP contribution in [0.25, 0.3) is 0 Å². The third-order valence-corrected chi connectivity index (χ3v) is 4.94. The van der Waals surface area contributed by atoms with E-state index >= 15 is 0 Å². The number of rotatable bonds is 2. The molecule has 1 spiro atoms. The predicted molar refractivity (Wildman–Crippen MR) is 98.6 cm³/mol. The first-order chi connectivity index (χ1) is 12.6. The molecule has 0 saturated carbocycles. The van der Waals surface area contributed by atoms with Gasteiger partial charge in [-0.2, -0.15) is 0 Å². The van der Waals surface area contributed by atoms with Gasteiger partial charge in [0.2, 0.25) is 0 Å². The summed E-state index contributed by atoms with van der Waals surface area (Å²) in [6, 6.07) is 14.1. The van der Waals surface area contributed by atoms with Crippen LogP contribution < -0.4 is 10.6 Å². The van der Waals surface area contributed by atoms with Crippen molar-refractivity contribution < 1.29 is 9.72 Å². The second-order valence-corrected chi connectivity index (χ2v) is 6.55. The smallest absolute Gasteiger partial charge is 0.271 e. The minimum atomic E-state index is -0.857. The lowest BCUT2D eigenvalue weighted by Crippen LogP contribution is -2.49. The van der Waals surface area contributed by atoms with E-state index in [1.54, 1.807) is 6.07 Å². The monoisotopic (exact) mass is 350 g/mol. The molecule has 132 valence electrons. The Bertz CT molecular complexity index is 902. The number of nitrogens with one attached hydrogen (secondary N) is 2. The molecule has 0 aliphatic carbocycles. The SMILES string of the molecule is O=C1Nc2cc([N+](=O)[O-])ccc2C(c2ccccc2)=NC12CCNCC2. The molecule has 2 aliphatic rings. The van der Waals surface area contributed by atoms with Crippen molar-refractivity contribution in [1.82, 2.24) is 5.32 Å². The zero-order chi connectivity index (χ0) is 18.1. The van der Waals surface area contributed by atoms with Crippen molar-refractivity contribution in [3.8, 4) is 0 Å². The van der Waals surface area contributed by atoms with Gasteiger partial charge in [0.05, 0.1) is 16.3 Å². The van der Waals surface area contributed by atoms with E-state index < -0.39 is 10.5 Å². The topological polar surface area (TPSA) is 96.6 Å². The molecule has 1 amide bonds. The van der Waals surface area contributed by atoms with Gasteiger partial charge in [-0.3, -0.25) is 19.9 Å². The molecule has 7 heteroatoms. The maximum atomic E-state index is 13.0. The number of hydrogen-bond donors (Lipinski definition) is 2. The van der Waals surface area contributed by atoms with Crippen LogP contribution in [-0.4, -0.2) is 35.2 Å². The number of fused-ring (bicyclic) bond motifs is 1. The number of carbonyl (C=O) groups excluding carboxylic acids is 1. The number of carbonyl (C=O) groups is 1. The fraction of sp³-hybridized carbons (Fsp3) is 0.263. The summed E-state index contributed by atoms with van der Waals surface area (Å²) < 4.78 is 0. The summed E-state index contributed by atoms with van der Waals surface area (Å²) in [5.41, 5.74) is 1.79. The summed E-state index contributed by atoms with van der Waals surface area (Å²) in [5, 5.41) is 17.3. The Hall–Kier alpha value is -3.06. The second kappa shape index (κ2) is 6.34. The molecule has 26 heavy (non-hydrogen) atoms. The predicted octanol–water partition coefficient (Wildman–Crippen LogP) is 2.51. The normalized spacial score (nSPS) is 18.5. The Kier molecular flexibility index (Phi) is 4.00. The van der Waals surface area contributed by atoms with E-state index in [0.29, 0.717) is 42.9 Å². The van der Waals surface area contributed by atoms with Crippen LogP contribution >= 0.6 is 0 Å². The lowest BCUT2D eigenvalue weighted by atomic mass is 9.87. The molecular weight excluding hydrogens is 332 g/mol. The lowest BCUT2D eigenvalue weighted by molar-refractivity contribution is -0.384. The van der Waals surface area contributed by atoms with Gasteiger partial charge in [0.1, 0.15) is 5.54 Å². The fourth-order valence-electron chi connectivity index (χ4n) is 3.51. The van der Waals surface area contributed by atoms with Gasteiger partial charge < -0.3 is 10.6 Å². The molecule has 0 bridgehead atoms. The summed E-state index contributed by atoms with van der Waals surface area (Å²) in [7, 11) is 0. The van der Waals surface area contributed by atoms with Crippen LogP contribution in [0.2, 0.25) is 0 Å². The number of nitro benzene ring substituents is 1. The van der Waals surface area contributed by atoms with E-state index in [-0.39, 0.29) is 11.6 Å². The van der Waals surface area contributed by atoms with Gasteiger partial charge in [-0.1, -0.05) is 30.3 Å². The average Bonchev–Trinajstić information content (AvgIpc) is 2.78. The number of anilines is 1. The van der Waals surface area contributed by atoms with E-state index in [1.165, 1.54) is 12.1 Å². The van der Waals surface area contributed by atoms with Crippen LogP contribution in [0.3, 0.4) is 0 Å². The summed E-state index contributed by atoms with van der Waals surface area (Å²) in [4.78, 5) is 28.6. The van der Waals surface area contributed by atoms with Gasteiger partial charge in [-0.25, -0.2) is 0 Å². The number of nitrogens with zero attached hydrogens (tertiary/aromatic N) is 2. The van der Waals surface area contributed by atoms with Crippen molar-refractivity contribution in [2.45, 2.75) is 18.4 Å². The quantitative estimate of drug-likeness (QED) is 0.642. The van der Waals surface area contributed by atoms with Gasteiger partial charge >= 0.3 is 0 Å². The van der Waals surface area contributed by atoms with Crippen LogP contribution in [0.1, 0.15) is 24.0 Å². The van der Waals surface area contributed by atoms with Crippen molar-refractivity contribution in [3.63, 3.8) is 0 Å². The van der Waals surface area contributed by atoms with E-state index in [1.807, 2.05) is 30.3 Å². The second-order valence-electron chi connectivity index (χ2n) is 6.55. The van der Waals surface area contributed by atoms with Gasteiger partial charge in [0.25, 0.3) is 11.6 Å². The largest absolute Gasteiger partial charge is 0.323 e. The molecule has 2 aromatic rings. The van der Waals surface area contributed by atoms with Crippen LogP contribution in [0.4, 0.5) is 11.4 Å². The van der Waals surface area contributed by atoms with Gasteiger partial charge in [0.15, 0.2) is 0 Å². The summed E-state index contributed by atoms with van der Waals surface area (Å²) in [6.45, 7) is 1.41. The molecule has 2 N–H and O–H groups in total. The molecule has 1 fully saturated rings. The highest BCUT2D eigenvalue weighted by Crippen LogP contribution is 2.34. The highest BCUT2D eigenvalue weighted by molar-refractivity contribution is 6.20. The Morgan fingerprint density at radius 3 is 2.50 bits per heavy atom. The third kappa shape index (κ3) is 2.76. The van der Waals surface area contributed by atoms with E-state index in [2.05, 4.69) is 10.6 Å². The summed E-state index contributed by atoms with van der Waals surface area (Å²) >= 11 is 0. The molecule has 2 heterocycles. The summed E-state index contributed by atoms with van der Waals surface area (Å²) in [5.74, 6) is -0.202. The molecule has 1 saturated heterocycles. The first-order valence-electron chi connectivity index (χ1n) is 8.55. The standard InChI is InChI=1S/C19H18N4O3/c24-18-19(8-10-20-11-9-19)22-17(13-4-2-1-3-5-13)15-7-6-14(23(25)26)12-16(15)21-18/h1-7,12,20H,8-11H2,(H,21,24). The molecule has 7 nitrogen and oxygen atoms in total. The Labute approximate surface area is 150 Å². The Morgan fingerprint density at radius 1 is 1.08 bits per heavy atom. The third-order valence-electron chi connectivity index (χ3n) is 4.94. The van der Waals surface area contributed by atoms with Crippen molar-refractivity contribution in [1.29, 1.82) is 0 Å². The molecule has 2 aromatic carbocycles. The number of hydrogen-bond acceptors (Lipinski definition) is 5. The first kappa shape index (κ1) is 16.4. The van der Waals surface area contributed by atoms with Crippen LogP contribution in [0, 0.1) is 10.1 Å². The number of nitro groups is 1. The van der Waals surface area contributed by atoms with E-state index in [0.717, 1.165) is 5.56 Å². The number of aliphatic imine (C=N–C) groups is 1. The van der Waals surface area contributed by atoms with Crippen LogP contribution in [-0.2, 0) is 4.79 Å². The van der Waals surface area contributed by atoms with Gasteiger partial charge in [0, 0.05) is 23.3 Å². The van der Waals surface area contributed by atoms with Gasteiger partial charge in [-0.05, 0) is 32.0 Å². The molecule has 0 unspecified atom stereocenters. The van der Waals surface area contributed by atoms with Crippen molar-refractivity contribution in [3.05, 3.63) is 69.8 Å². The first-order valence-corrected chi connectivity index (χ1v) is 8.55. The van der Waals surface area contributed by atoms with E-state index in [9.17, 15) is 14.9 Å². The van der Waals surface area contributed by atoms with Crippen LogP contribution in [0.5, 0.6) is 0 Å². The maximum absolute atomic E-state index is 13.0. The minimum Gasteiger partial charge on any atom is -0.323 e. The minimum absolute atomic E-state index is 0.0577. The van der Waals surface area contributed by atoms with Crippen molar-refractivity contribution in [2.75, 3.05) is 18.4 Å². The molecule has 0 radical (unpaired) electrons. The van der Waals surface area contributed by atoms with E-state index in [4.69, 9.17) is 4.99 Å². The highest BCUT2D eigenvalue weighted by atomic mass is 16.6. The number of piperidine rings is 1. The zero-order valence-corrected chi connectivity index (χ0v) is 14.1. The maximum Gasteiger partial charge on any atom is 0.271 e. The number of amides is 1. The zero-order valence-electron chi connectivity index (χ0n) is 14.1. The molecule has 0 aromatic heterocycles. The highest BCUT2D eigenvalue weighted by Gasteiger charge is 2.42. The van der Waals surface area contributed by atoms with Crippen molar-refractivity contribution in [2.24, 2.45) is 4.99 Å². The molecule has 0 atom stereocenters. The average molecular weight is 350 g/mol. The lowest BCUT2D eigenvalue weighted by Gasteiger charge is -2.32. The number of benzene rings is 2. The fourth-order valence-corrected chi connectivity index (χ4v) is 3.51. The molecule has 2 aliphatic heterocycles. The summed E-state index contributed by atoms with van der Waals surface area (Å²) in [6.07, 6.45) is 1.18. The van der Waals surface area contributed by atoms with Crippen molar-refractivity contribution >= 4 is 23.0 Å². The molecule has 4 rings (SSSR count). The number of non-ortho nitro benzene ring substituents is 1. The Morgan fingerprint density at radius 2 is 1.81 bits per heavy atom. The molecular formula is C19H18N4O3. The van der Waals surface area contributed by atoms with Gasteiger partial charge in [-0.15, -0.1) is 0 Å². The van der Waals surface area contributed by atoms with Crippen LogP contribution in [0.15, 0.2) is 53.5 Å².